The van der Waals surface area contributed by atoms with Crippen LogP contribution in [0.2, 0.25) is 0 Å². The van der Waals surface area contributed by atoms with E-state index in [4.69, 9.17) is 10.5 Å². The van der Waals surface area contributed by atoms with Crippen LogP contribution in [0.3, 0.4) is 0 Å². The zero-order valence-corrected chi connectivity index (χ0v) is 11.5. The zero-order valence-electron chi connectivity index (χ0n) is 11.5. The van der Waals surface area contributed by atoms with Gasteiger partial charge in [0.15, 0.2) is 0 Å². The second kappa shape index (κ2) is 9.42. The first-order valence-electron chi connectivity index (χ1n) is 6.49. The topological polar surface area (TPSA) is 61.5 Å². The molecule has 4 heteroatoms. The van der Waals surface area contributed by atoms with Crippen molar-refractivity contribution in [1.82, 2.24) is 0 Å². The van der Waals surface area contributed by atoms with Gasteiger partial charge in [0, 0.05) is 13.2 Å². The highest BCUT2D eigenvalue weighted by atomic mass is 16.5. The molecule has 0 saturated heterocycles. The van der Waals surface area contributed by atoms with Crippen molar-refractivity contribution >= 4 is 5.97 Å². The van der Waals surface area contributed by atoms with Gasteiger partial charge in [0.1, 0.15) is 5.54 Å². The summed E-state index contributed by atoms with van der Waals surface area (Å²) in [5.41, 5.74) is 4.93. The Bertz CT molecular complexity index is 205. The molecule has 2 N–H and O–H groups in total. The molecule has 0 aliphatic rings. The van der Waals surface area contributed by atoms with Gasteiger partial charge in [0.2, 0.25) is 0 Å². The Labute approximate surface area is 105 Å². The standard InChI is InChI=1S/C13H27NO3/c1-4-5-6-7-10-17-11-8-9-13(2,14)12(15)16-3/h4-11,14H2,1-3H3. The molecule has 1 unspecified atom stereocenters. The average Bonchev–Trinajstić information content (AvgIpc) is 2.31. The highest BCUT2D eigenvalue weighted by Gasteiger charge is 2.28. The number of rotatable bonds is 10. The summed E-state index contributed by atoms with van der Waals surface area (Å²) < 4.78 is 10.1. The van der Waals surface area contributed by atoms with Crippen molar-refractivity contribution in [3.05, 3.63) is 0 Å². The van der Waals surface area contributed by atoms with E-state index < -0.39 is 5.54 Å². The number of carbonyl (C=O) groups excluding carboxylic acids is 1. The Hall–Kier alpha value is -0.610. The molecular weight excluding hydrogens is 218 g/mol. The Kier molecular flexibility index (Phi) is 9.09. The Morgan fingerprint density at radius 2 is 1.82 bits per heavy atom. The molecule has 0 aliphatic heterocycles. The van der Waals surface area contributed by atoms with E-state index in [1.807, 2.05) is 0 Å². The van der Waals surface area contributed by atoms with Crippen LogP contribution in [0.25, 0.3) is 0 Å². The summed E-state index contributed by atoms with van der Waals surface area (Å²) in [6.07, 6.45) is 6.24. The van der Waals surface area contributed by atoms with Crippen molar-refractivity contribution in [3.8, 4) is 0 Å². The molecule has 0 amide bonds. The van der Waals surface area contributed by atoms with E-state index in [1.54, 1.807) is 6.92 Å². The van der Waals surface area contributed by atoms with Crippen LogP contribution in [0.4, 0.5) is 0 Å². The molecule has 0 heterocycles. The molecule has 0 spiro atoms. The third-order valence-electron chi connectivity index (χ3n) is 2.78. The molecule has 17 heavy (non-hydrogen) atoms. The molecule has 0 aliphatic carbocycles. The van der Waals surface area contributed by atoms with Crippen LogP contribution >= 0.6 is 0 Å². The molecule has 0 rings (SSSR count). The Morgan fingerprint density at radius 3 is 2.41 bits per heavy atom. The number of nitrogens with two attached hydrogens (primary N) is 1. The normalized spacial score (nSPS) is 14.4. The van der Waals surface area contributed by atoms with Crippen molar-refractivity contribution in [2.24, 2.45) is 5.73 Å². The maximum atomic E-state index is 11.3. The minimum Gasteiger partial charge on any atom is -0.468 e. The summed E-state index contributed by atoms with van der Waals surface area (Å²) in [4.78, 5) is 11.3. The van der Waals surface area contributed by atoms with E-state index in [0.717, 1.165) is 19.4 Å². The monoisotopic (exact) mass is 245 g/mol. The first kappa shape index (κ1) is 16.4. The quantitative estimate of drug-likeness (QED) is 0.473. The maximum absolute atomic E-state index is 11.3. The molecule has 0 aromatic heterocycles. The van der Waals surface area contributed by atoms with Crippen molar-refractivity contribution in [3.63, 3.8) is 0 Å². The van der Waals surface area contributed by atoms with Crippen molar-refractivity contribution < 1.29 is 14.3 Å². The van der Waals surface area contributed by atoms with E-state index in [2.05, 4.69) is 11.7 Å². The predicted octanol–water partition coefficient (Wildman–Crippen LogP) is 2.25. The second-order valence-electron chi connectivity index (χ2n) is 4.69. The van der Waals surface area contributed by atoms with E-state index in [1.165, 1.54) is 26.4 Å². The molecule has 0 aromatic carbocycles. The van der Waals surface area contributed by atoms with Crippen LogP contribution in [0.5, 0.6) is 0 Å². The largest absolute Gasteiger partial charge is 0.468 e. The second-order valence-corrected chi connectivity index (χ2v) is 4.69. The van der Waals surface area contributed by atoms with Gasteiger partial charge < -0.3 is 15.2 Å². The van der Waals surface area contributed by atoms with Crippen LogP contribution in [0.15, 0.2) is 0 Å². The molecular formula is C13H27NO3. The summed E-state index contributed by atoms with van der Waals surface area (Å²) in [6, 6.07) is 0. The summed E-state index contributed by atoms with van der Waals surface area (Å²) >= 11 is 0. The van der Waals surface area contributed by atoms with E-state index >= 15 is 0 Å². The third kappa shape index (κ3) is 8.16. The number of esters is 1. The van der Waals surface area contributed by atoms with Gasteiger partial charge in [-0.05, 0) is 26.2 Å². The minimum absolute atomic E-state index is 0.361. The van der Waals surface area contributed by atoms with E-state index in [0.29, 0.717) is 13.0 Å². The van der Waals surface area contributed by atoms with Gasteiger partial charge in [-0.1, -0.05) is 26.2 Å². The van der Waals surface area contributed by atoms with Gasteiger partial charge in [-0.3, -0.25) is 4.79 Å². The molecule has 0 radical (unpaired) electrons. The van der Waals surface area contributed by atoms with Crippen molar-refractivity contribution in [1.29, 1.82) is 0 Å². The molecule has 102 valence electrons. The number of hydrogen-bond acceptors (Lipinski definition) is 4. The molecule has 0 fully saturated rings. The minimum atomic E-state index is -0.889. The number of ether oxygens (including phenoxy) is 2. The van der Waals surface area contributed by atoms with Gasteiger partial charge in [-0.25, -0.2) is 0 Å². The lowest BCUT2D eigenvalue weighted by Crippen LogP contribution is -2.45. The van der Waals surface area contributed by atoms with Crippen LogP contribution in [-0.4, -0.2) is 31.8 Å². The van der Waals surface area contributed by atoms with Gasteiger partial charge >= 0.3 is 5.97 Å². The number of methoxy groups -OCH3 is 1. The fraction of sp³-hybridized carbons (Fsp3) is 0.923. The smallest absolute Gasteiger partial charge is 0.325 e. The number of hydrogen-bond donors (Lipinski definition) is 1. The molecule has 0 saturated carbocycles. The summed E-state index contributed by atoms with van der Waals surface area (Å²) in [5, 5.41) is 0. The first-order valence-corrected chi connectivity index (χ1v) is 6.49. The first-order chi connectivity index (χ1) is 8.04. The molecule has 1 atom stereocenters. The predicted molar refractivity (Wildman–Crippen MR) is 68.8 cm³/mol. The fourth-order valence-corrected chi connectivity index (χ4v) is 1.61. The highest BCUT2D eigenvalue weighted by Crippen LogP contribution is 2.10. The fourth-order valence-electron chi connectivity index (χ4n) is 1.61. The van der Waals surface area contributed by atoms with Gasteiger partial charge in [0.05, 0.1) is 7.11 Å². The van der Waals surface area contributed by atoms with Crippen molar-refractivity contribution in [2.75, 3.05) is 20.3 Å². The maximum Gasteiger partial charge on any atom is 0.325 e. The summed E-state index contributed by atoms with van der Waals surface area (Å²) in [5.74, 6) is -0.361. The zero-order chi connectivity index (χ0) is 13.1. The lowest BCUT2D eigenvalue weighted by Gasteiger charge is -2.20. The lowest BCUT2D eigenvalue weighted by molar-refractivity contribution is -0.146. The van der Waals surface area contributed by atoms with Gasteiger partial charge in [-0.2, -0.15) is 0 Å². The van der Waals surface area contributed by atoms with Crippen molar-refractivity contribution in [2.45, 2.75) is 57.9 Å². The number of unbranched alkanes of at least 4 members (excludes halogenated alkanes) is 3. The Balaban J connectivity index is 3.42. The van der Waals surface area contributed by atoms with Crippen LogP contribution in [-0.2, 0) is 14.3 Å². The van der Waals surface area contributed by atoms with Crippen LogP contribution in [0.1, 0.15) is 52.4 Å². The Morgan fingerprint density at radius 1 is 1.18 bits per heavy atom. The van der Waals surface area contributed by atoms with Gasteiger partial charge in [-0.15, -0.1) is 0 Å². The van der Waals surface area contributed by atoms with Gasteiger partial charge in [0.25, 0.3) is 0 Å². The third-order valence-corrected chi connectivity index (χ3v) is 2.78. The number of carbonyl (C=O) groups is 1. The SMILES string of the molecule is CCCCCCOCCCC(C)(N)C(=O)OC. The molecule has 0 bridgehead atoms. The molecule has 0 aromatic rings. The van der Waals surface area contributed by atoms with Crippen LogP contribution in [0, 0.1) is 0 Å². The molecule has 4 nitrogen and oxygen atoms in total. The van der Waals surface area contributed by atoms with Crippen LogP contribution < -0.4 is 5.73 Å². The average molecular weight is 245 g/mol. The summed E-state index contributed by atoms with van der Waals surface area (Å²) in [7, 11) is 1.36. The highest BCUT2D eigenvalue weighted by molar-refractivity contribution is 5.79. The lowest BCUT2D eigenvalue weighted by atomic mass is 9.98. The van der Waals surface area contributed by atoms with E-state index in [9.17, 15) is 4.79 Å². The van der Waals surface area contributed by atoms with E-state index in [-0.39, 0.29) is 5.97 Å². The summed E-state index contributed by atoms with van der Waals surface area (Å²) in [6.45, 7) is 5.35.